The second kappa shape index (κ2) is 8.34. The molecule has 1 aliphatic rings. The van der Waals surface area contributed by atoms with Crippen molar-refractivity contribution in [1.82, 2.24) is 4.90 Å². The smallest absolute Gasteiger partial charge is 0.347 e. The molecule has 1 atom stereocenters. The van der Waals surface area contributed by atoms with Gasteiger partial charge in [0.15, 0.2) is 12.7 Å². The molecule has 0 bridgehead atoms. The summed E-state index contributed by atoms with van der Waals surface area (Å²) in [6, 6.07) is 8.45. The highest BCUT2D eigenvalue weighted by molar-refractivity contribution is 5.82. The first kappa shape index (κ1) is 17.8. The van der Waals surface area contributed by atoms with Gasteiger partial charge >= 0.3 is 5.97 Å². The van der Waals surface area contributed by atoms with E-state index in [1.165, 1.54) is 0 Å². The van der Waals surface area contributed by atoms with Gasteiger partial charge in [0.2, 0.25) is 0 Å². The number of hydrogen-bond acceptors (Lipinski definition) is 5. The van der Waals surface area contributed by atoms with Crippen molar-refractivity contribution >= 4 is 11.9 Å². The highest BCUT2D eigenvalue weighted by Crippen LogP contribution is 2.16. The van der Waals surface area contributed by atoms with E-state index in [-0.39, 0.29) is 12.5 Å². The van der Waals surface area contributed by atoms with Crippen LogP contribution in [0.25, 0.3) is 0 Å². The quantitative estimate of drug-likeness (QED) is 0.773. The average molecular weight is 330 g/mol. The maximum Gasteiger partial charge on any atom is 0.347 e. The van der Waals surface area contributed by atoms with Crippen LogP contribution in [0.5, 0.6) is 5.75 Å². The van der Waals surface area contributed by atoms with E-state index >= 15 is 0 Å². The molecule has 1 fully saturated rings. The number of nitrogens with zero attached hydrogens (tertiary/aromatic N) is 2. The minimum atomic E-state index is -0.827. The molecule has 6 heteroatoms. The van der Waals surface area contributed by atoms with E-state index in [1.807, 2.05) is 6.07 Å². The van der Waals surface area contributed by atoms with Gasteiger partial charge < -0.3 is 14.4 Å². The Kier molecular flexibility index (Phi) is 6.19. The molecule has 2 rings (SSSR count). The van der Waals surface area contributed by atoms with Crippen molar-refractivity contribution in [2.45, 2.75) is 32.8 Å². The van der Waals surface area contributed by atoms with Crippen LogP contribution in [-0.2, 0) is 14.3 Å². The maximum absolute atomic E-state index is 12.0. The maximum atomic E-state index is 12.0. The van der Waals surface area contributed by atoms with E-state index in [2.05, 4.69) is 6.92 Å². The number of carbonyl (C=O) groups is 2. The lowest BCUT2D eigenvalue weighted by atomic mass is 9.99. The zero-order valence-corrected chi connectivity index (χ0v) is 14.0. The van der Waals surface area contributed by atoms with Crippen LogP contribution in [0.1, 0.15) is 32.3 Å². The van der Waals surface area contributed by atoms with Crippen LogP contribution in [-0.4, -0.2) is 42.6 Å². The van der Waals surface area contributed by atoms with Crippen LogP contribution in [0.2, 0.25) is 0 Å². The Labute approximate surface area is 142 Å². The Balaban J connectivity index is 1.76. The van der Waals surface area contributed by atoms with Gasteiger partial charge in [0.1, 0.15) is 5.75 Å². The normalized spacial score (nSPS) is 16.1. The van der Waals surface area contributed by atoms with E-state index in [4.69, 9.17) is 14.7 Å². The van der Waals surface area contributed by atoms with Gasteiger partial charge in [-0.05, 0) is 49.9 Å². The van der Waals surface area contributed by atoms with Crippen LogP contribution in [0.4, 0.5) is 0 Å². The molecule has 0 aromatic heterocycles. The summed E-state index contributed by atoms with van der Waals surface area (Å²) >= 11 is 0. The van der Waals surface area contributed by atoms with E-state index < -0.39 is 12.1 Å². The second-order valence-electron chi connectivity index (χ2n) is 6.07. The molecule has 1 aromatic rings. The van der Waals surface area contributed by atoms with E-state index in [9.17, 15) is 9.59 Å². The summed E-state index contributed by atoms with van der Waals surface area (Å²) in [5.41, 5.74) is 0.513. The molecule has 0 aliphatic carbocycles. The van der Waals surface area contributed by atoms with Gasteiger partial charge in [-0.2, -0.15) is 5.26 Å². The molecule has 0 N–H and O–H groups in total. The van der Waals surface area contributed by atoms with Gasteiger partial charge in [0.05, 0.1) is 11.6 Å². The second-order valence-corrected chi connectivity index (χ2v) is 6.07. The van der Waals surface area contributed by atoms with Crippen LogP contribution in [0.15, 0.2) is 24.3 Å². The molecular weight excluding hydrogens is 308 g/mol. The monoisotopic (exact) mass is 330 g/mol. The Morgan fingerprint density at radius 2 is 1.92 bits per heavy atom. The number of rotatable bonds is 5. The number of carbonyl (C=O) groups excluding carboxylic acids is 2. The van der Waals surface area contributed by atoms with Gasteiger partial charge in [-0.3, -0.25) is 4.79 Å². The summed E-state index contributed by atoms with van der Waals surface area (Å²) in [6.45, 7) is 4.91. The highest BCUT2D eigenvalue weighted by Gasteiger charge is 2.23. The van der Waals surface area contributed by atoms with Gasteiger partial charge in [0, 0.05) is 13.1 Å². The number of piperidine rings is 1. The number of hydrogen-bond donors (Lipinski definition) is 0. The molecule has 1 saturated heterocycles. The molecule has 1 heterocycles. The van der Waals surface area contributed by atoms with Crippen LogP contribution in [0, 0.1) is 17.2 Å². The SMILES string of the molecule is CC1CCN(C(=O)COC(=O)[C@@H](C)Oc2ccc(C#N)cc2)CC1. The fourth-order valence-corrected chi connectivity index (χ4v) is 2.46. The van der Waals surface area contributed by atoms with Crippen molar-refractivity contribution in [2.75, 3.05) is 19.7 Å². The molecule has 1 aromatic carbocycles. The summed E-state index contributed by atoms with van der Waals surface area (Å²) in [5.74, 6) is 0.353. The van der Waals surface area contributed by atoms with Gasteiger partial charge in [-0.25, -0.2) is 4.79 Å². The molecule has 0 radical (unpaired) electrons. The molecule has 0 unspecified atom stereocenters. The summed E-state index contributed by atoms with van der Waals surface area (Å²) < 4.78 is 10.5. The zero-order valence-electron chi connectivity index (χ0n) is 14.0. The van der Waals surface area contributed by atoms with Crippen molar-refractivity contribution < 1.29 is 19.1 Å². The first-order valence-corrected chi connectivity index (χ1v) is 8.11. The first-order valence-electron chi connectivity index (χ1n) is 8.11. The predicted molar refractivity (Wildman–Crippen MR) is 87.2 cm³/mol. The van der Waals surface area contributed by atoms with Crippen molar-refractivity contribution in [2.24, 2.45) is 5.92 Å². The molecule has 1 aliphatic heterocycles. The number of amides is 1. The number of esters is 1. The standard InChI is InChI=1S/C18H22N2O4/c1-13-7-9-20(10-8-13)17(21)12-23-18(22)14(2)24-16-5-3-15(11-19)4-6-16/h3-6,13-14H,7-10,12H2,1-2H3/t14-/m1/s1. The largest absolute Gasteiger partial charge is 0.479 e. The number of nitriles is 1. The first-order chi connectivity index (χ1) is 11.5. The summed E-state index contributed by atoms with van der Waals surface area (Å²) in [5, 5.41) is 8.74. The average Bonchev–Trinajstić information content (AvgIpc) is 2.60. The lowest BCUT2D eigenvalue weighted by molar-refractivity contribution is -0.157. The molecule has 0 saturated carbocycles. The number of likely N-dealkylation sites (tertiary alicyclic amines) is 1. The van der Waals surface area contributed by atoms with E-state index in [0.29, 0.717) is 17.2 Å². The van der Waals surface area contributed by atoms with E-state index in [1.54, 1.807) is 36.1 Å². The Bertz CT molecular complexity index is 613. The summed E-state index contributed by atoms with van der Waals surface area (Å²) in [6.07, 6.45) is 1.14. The van der Waals surface area contributed by atoms with Crippen molar-refractivity contribution in [1.29, 1.82) is 5.26 Å². The topological polar surface area (TPSA) is 79.6 Å². The molecule has 1 amide bonds. The van der Waals surface area contributed by atoms with Crippen LogP contribution >= 0.6 is 0 Å². The van der Waals surface area contributed by atoms with Crippen LogP contribution < -0.4 is 4.74 Å². The fraction of sp³-hybridized carbons (Fsp3) is 0.500. The molecule has 6 nitrogen and oxygen atoms in total. The Morgan fingerprint density at radius 1 is 1.29 bits per heavy atom. The zero-order chi connectivity index (χ0) is 17.5. The molecule has 128 valence electrons. The lowest BCUT2D eigenvalue weighted by Crippen LogP contribution is -2.41. The Morgan fingerprint density at radius 3 is 2.50 bits per heavy atom. The third-order valence-electron chi connectivity index (χ3n) is 4.10. The fourth-order valence-electron chi connectivity index (χ4n) is 2.46. The third kappa shape index (κ3) is 4.98. The highest BCUT2D eigenvalue weighted by atomic mass is 16.6. The third-order valence-corrected chi connectivity index (χ3v) is 4.10. The van der Waals surface area contributed by atoms with E-state index in [0.717, 1.165) is 25.9 Å². The number of ether oxygens (including phenoxy) is 2. The van der Waals surface area contributed by atoms with Crippen molar-refractivity contribution in [3.63, 3.8) is 0 Å². The van der Waals surface area contributed by atoms with Gasteiger partial charge in [-0.1, -0.05) is 6.92 Å². The van der Waals surface area contributed by atoms with Crippen LogP contribution in [0.3, 0.4) is 0 Å². The molecule has 24 heavy (non-hydrogen) atoms. The molecular formula is C18H22N2O4. The van der Waals surface area contributed by atoms with Gasteiger partial charge in [-0.15, -0.1) is 0 Å². The number of benzene rings is 1. The molecule has 0 spiro atoms. The minimum absolute atomic E-state index is 0.166. The van der Waals surface area contributed by atoms with Gasteiger partial charge in [0.25, 0.3) is 5.91 Å². The lowest BCUT2D eigenvalue weighted by Gasteiger charge is -2.30. The summed E-state index contributed by atoms with van der Waals surface area (Å²) in [7, 11) is 0. The predicted octanol–water partition coefficient (Wildman–Crippen LogP) is 2.13. The Hall–Kier alpha value is -2.55. The van der Waals surface area contributed by atoms with Crippen molar-refractivity contribution in [3.8, 4) is 11.8 Å². The summed E-state index contributed by atoms with van der Waals surface area (Å²) in [4.78, 5) is 25.7. The van der Waals surface area contributed by atoms with Crippen molar-refractivity contribution in [3.05, 3.63) is 29.8 Å². The minimum Gasteiger partial charge on any atom is -0.479 e.